The van der Waals surface area contributed by atoms with Crippen LogP contribution in [0, 0.1) is 10.1 Å². The number of nitrogens with one attached hydrogen (secondary N) is 3. The molecule has 10 heteroatoms. The predicted molar refractivity (Wildman–Crippen MR) is 68.7 cm³/mol. The minimum absolute atomic E-state index is 0.253. The van der Waals surface area contributed by atoms with Crippen LogP contribution < -0.4 is 10.6 Å². The molecule has 7 nitrogen and oxygen atoms in total. The lowest BCUT2D eigenvalue weighted by Gasteiger charge is -2.12. The van der Waals surface area contributed by atoms with Crippen LogP contribution in [0.3, 0.4) is 0 Å². The monoisotopic (exact) mass is 307 g/mol. The van der Waals surface area contributed by atoms with Crippen molar-refractivity contribution in [3.63, 3.8) is 0 Å². The molecule has 0 amide bonds. The van der Waals surface area contributed by atoms with Crippen LogP contribution in [0.25, 0.3) is 0 Å². The summed E-state index contributed by atoms with van der Waals surface area (Å²) in [6, 6.07) is 0. The van der Waals surface area contributed by atoms with E-state index in [9.17, 15) is 23.3 Å². The van der Waals surface area contributed by atoms with Crippen molar-refractivity contribution in [3.8, 4) is 0 Å². The maximum Gasteiger partial charge on any atom is 0.405 e. The first-order valence-corrected chi connectivity index (χ1v) is 6.24. The lowest BCUT2D eigenvalue weighted by atomic mass is 10.2. The van der Waals surface area contributed by atoms with E-state index in [4.69, 9.17) is 0 Å². The molecule has 0 aliphatic carbocycles. The van der Waals surface area contributed by atoms with Crippen molar-refractivity contribution >= 4 is 0 Å². The SMILES string of the molecule is O=[N+]([O-])C=C(NCCCCc1c[nH]cn1)NCC(F)(F)F. The molecule has 0 unspecified atom stereocenters. The number of nitrogens with zero attached hydrogens (tertiary/aromatic N) is 2. The third-order valence-electron chi connectivity index (χ3n) is 2.44. The summed E-state index contributed by atoms with van der Waals surface area (Å²) in [5.74, 6) is -0.253. The van der Waals surface area contributed by atoms with Crippen LogP contribution in [-0.4, -0.2) is 34.2 Å². The molecule has 1 aromatic rings. The van der Waals surface area contributed by atoms with Crippen LogP contribution in [0.1, 0.15) is 18.5 Å². The highest BCUT2D eigenvalue weighted by Gasteiger charge is 2.27. The molecule has 118 valence electrons. The molecule has 1 aromatic heterocycles. The Labute approximate surface area is 118 Å². The number of hydrogen-bond donors (Lipinski definition) is 3. The Morgan fingerprint density at radius 2 is 2.19 bits per heavy atom. The lowest BCUT2D eigenvalue weighted by Crippen LogP contribution is -2.35. The summed E-state index contributed by atoms with van der Waals surface area (Å²) in [7, 11) is 0. The fourth-order valence-electron chi connectivity index (χ4n) is 1.54. The standard InChI is InChI=1S/C11H16F3N5O2/c12-11(13,14)7-17-10(6-19(20)21)16-4-2-1-3-9-5-15-8-18-9/h5-6,8,16-17H,1-4,7H2,(H,15,18). The van der Waals surface area contributed by atoms with Crippen LogP contribution in [0.5, 0.6) is 0 Å². The average Bonchev–Trinajstić information content (AvgIpc) is 2.86. The Kier molecular flexibility index (Phi) is 6.50. The van der Waals surface area contributed by atoms with E-state index in [2.05, 4.69) is 15.3 Å². The number of hydrogen-bond acceptors (Lipinski definition) is 5. The molecule has 0 atom stereocenters. The quantitative estimate of drug-likeness (QED) is 0.365. The third-order valence-corrected chi connectivity index (χ3v) is 2.44. The maximum absolute atomic E-state index is 12.1. The fourth-order valence-corrected chi connectivity index (χ4v) is 1.54. The van der Waals surface area contributed by atoms with E-state index >= 15 is 0 Å². The van der Waals surface area contributed by atoms with Crippen LogP contribution in [0.4, 0.5) is 13.2 Å². The first-order chi connectivity index (χ1) is 9.87. The summed E-state index contributed by atoms with van der Waals surface area (Å²) < 4.78 is 36.2. The van der Waals surface area contributed by atoms with Gasteiger partial charge in [-0.3, -0.25) is 10.1 Å². The van der Waals surface area contributed by atoms with Gasteiger partial charge in [0.2, 0.25) is 0 Å². The minimum Gasteiger partial charge on any atom is -0.367 e. The van der Waals surface area contributed by atoms with Crippen molar-refractivity contribution in [1.82, 2.24) is 20.6 Å². The first-order valence-electron chi connectivity index (χ1n) is 6.24. The van der Waals surface area contributed by atoms with Crippen LogP contribution >= 0.6 is 0 Å². The summed E-state index contributed by atoms with van der Waals surface area (Å²) in [5.41, 5.74) is 0.895. The number of aromatic nitrogens is 2. The van der Waals surface area contributed by atoms with Crippen molar-refractivity contribution in [2.75, 3.05) is 13.1 Å². The van der Waals surface area contributed by atoms with Gasteiger partial charge in [-0.05, 0) is 19.3 Å². The van der Waals surface area contributed by atoms with Gasteiger partial charge in [-0.2, -0.15) is 13.2 Å². The Morgan fingerprint density at radius 1 is 1.43 bits per heavy atom. The second-order valence-electron chi connectivity index (χ2n) is 4.24. The molecule has 0 aromatic carbocycles. The minimum atomic E-state index is -4.43. The molecule has 1 rings (SSSR count). The van der Waals surface area contributed by atoms with Crippen molar-refractivity contribution in [1.29, 1.82) is 0 Å². The zero-order valence-corrected chi connectivity index (χ0v) is 11.1. The number of aromatic amines is 1. The number of rotatable bonds is 9. The van der Waals surface area contributed by atoms with Gasteiger partial charge in [-0.1, -0.05) is 0 Å². The molecular weight excluding hydrogens is 291 g/mol. The number of nitro groups is 1. The lowest BCUT2D eigenvalue weighted by molar-refractivity contribution is -0.404. The number of unbranched alkanes of at least 4 members (excludes halogenated alkanes) is 1. The molecule has 0 saturated heterocycles. The predicted octanol–water partition coefficient (Wildman–Crippen LogP) is 1.55. The largest absolute Gasteiger partial charge is 0.405 e. The second kappa shape index (κ2) is 8.12. The summed E-state index contributed by atoms with van der Waals surface area (Å²) in [6.45, 7) is -0.998. The Morgan fingerprint density at radius 3 is 2.76 bits per heavy atom. The maximum atomic E-state index is 12.1. The van der Waals surface area contributed by atoms with Crippen LogP contribution in [0.2, 0.25) is 0 Å². The molecule has 0 spiro atoms. The van der Waals surface area contributed by atoms with E-state index in [0.717, 1.165) is 18.5 Å². The number of imidazole rings is 1. The van der Waals surface area contributed by atoms with E-state index < -0.39 is 17.6 Å². The normalized spacial score (nSPS) is 12.2. The van der Waals surface area contributed by atoms with Crippen molar-refractivity contribution < 1.29 is 18.1 Å². The second-order valence-corrected chi connectivity index (χ2v) is 4.24. The van der Waals surface area contributed by atoms with Crippen LogP contribution in [0.15, 0.2) is 24.5 Å². The summed E-state index contributed by atoms with van der Waals surface area (Å²) >= 11 is 0. The van der Waals surface area contributed by atoms with Gasteiger partial charge in [0.1, 0.15) is 6.54 Å². The smallest absolute Gasteiger partial charge is 0.367 e. The van der Waals surface area contributed by atoms with Gasteiger partial charge < -0.3 is 15.6 Å². The van der Waals surface area contributed by atoms with E-state index in [1.807, 2.05) is 5.32 Å². The van der Waals surface area contributed by atoms with Gasteiger partial charge in [0.15, 0.2) is 5.82 Å². The number of H-pyrrole nitrogens is 1. The molecule has 21 heavy (non-hydrogen) atoms. The van der Waals surface area contributed by atoms with Gasteiger partial charge in [0, 0.05) is 12.7 Å². The number of aryl methyl sites for hydroxylation is 1. The van der Waals surface area contributed by atoms with Gasteiger partial charge in [0.25, 0.3) is 6.20 Å². The third kappa shape index (κ3) is 8.50. The van der Waals surface area contributed by atoms with Crippen molar-refractivity contribution in [2.24, 2.45) is 0 Å². The van der Waals surface area contributed by atoms with Gasteiger partial charge in [-0.15, -0.1) is 0 Å². The summed E-state index contributed by atoms with van der Waals surface area (Å²) in [5, 5.41) is 14.9. The zero-order valence-electron chi connectivity index (χ0n) is 11.1. The van der Waals surface area contributed by atoms with E-state index in [0.29, 0.717) is 19.2 Å². The van der Waals surface area contributed by atoms with Gasteiger partial charge in [-0.25, -0.2) is 4.98 Å². The summed E-state index contributed by atoms with van der Waals surface area (Å²) in [6.07, 6.45) is 1.52. The molecule has 3 N–H and O–H groups in total. The highest BCUT2D eigenvalue weighted by atomic mass is 19.4. The van der Waals surface area contributed by atoms with Gasteiger partial charge in [0.05, 0.1) is 16.9 Å². The Balaban J connectivity index is 2.27. The topological polar surface area (TPSA) is 95.9 Å². The molecule has 0 fully saturated rings. The highest BCUT2D eigenvalue weighted by Crippen LogP contribution is 2.12. The molecule has 0 aliphatic heterocycles. The number of halogens is 3. The fraction of sp³-hybridized carbons (Fsp3) is 0.545. The average molecular weight is 307 g/mol. The highest BCUT2D eigenvalue weighted by molar-refractivity contribution is 4.95. The van der Waals surface area contributed by atoms with E-state index in [1.54, 1.807) is 12.5 Å². The Hall–Kier alpha value is -2.26. The first kappa shape index (κ1) is 16.8. The Bertz CT molecular complexity index is 459. The van der Waals surface area contributed by atoms with Crippen molar-refractivity contribution in [3.05, 3.63) is 40.4 Å². The van der Waals surface area contributed by atoms with E-state index in [1.165, 1.54) is 0 Å². The molecule has 0 aliphatic rings. The van der Waals surface area contributed by atoms with Crippen molar-refractivity contribution in [2.45, 2.75) is 25.4 Å². The zero-order chi connectivity index (χ0) is 15.7. The van der Waals surface area contributed by atoms with E-state index in [-0.39, 0.29) is 5.82 Å². The molecule has 0 radical (unpaired) electrons. The van der Waals surface area contributed by atoms with Gasteiger partial charge >= 0.3 is 6.18 Å². The van der Waals surface area contributed by atoms with Crippen LogP contribution in [-0.2, 0) is 6.42 Å². The number of alkyl halides is 3. The molecule has 0 bridgehead atoms. The summed E-state index contributed by atoms with van der Waals surface area (Å²) in [4.78, 5) is 16.4. The molecular formula is C11H16F3N5O2. The molecule has 0 saturated carbocycles. The molecule has 1 heterocycles.